The lowest BCUT2D eigenvalue weighted by Gasteiger charge is -2.10. The Balaban J connectivity index is 2.42. The van der Waals surface area contributed by atoms with E-state index in [0.717, 1.165) is 5.56 Å². The number of benzene rings is 1. The lowest BCUT2D eigenvalue weighted by molar-refractivity contribution is 0.649. The predicted molar refractivity (Wildman–Crippen MR) is 75.2 cm³/mol. The van der Waals surface area contributed by atoms with Gasteiger partial charge in [0.1, 0.15) is 5.69 Å². The van der Waals surface area contributed by atoms with Crippen molar-refractivity contribution in [3.8, 4) is 0 Å². The molecule has 0 fully saturated rings. The Hall–Kier alpha value is -1.46. The SMILES string of the molecule is CSc1ncc(N)c(=O)n1Cc1ccc(Cl)cc1. The van der Waals surface area contributed by atoms with Gasteiger partial charge in [-0.3, -0.25) is 9.36 Å². The van der Waals surface area contributed by atoms with Gasteiger partial charge in [0.25, 0.3) is 5.56 Å². The van der Waals surface area contributed by atoms with Crippen LogP contribution in [-0.2, 0) is 6.54 Å². The van der Waals surface area contributed by atoms with E-state index in [1.165, 1.54) is 18.0 Å². The molecule has 0 saturated heterocycles. The van der Waals surface area contributed by atoms with Crippen molar-refractivity contribution in [3.05, 3.63) is 51.4 Å². The molecule has 0 radical (unpaired) electrons. The van der Waals surface area contributed by atoms with Crippen LogP contribution in [0.1, 0.15) is 5.56 Å². The van der Waals surface area contributed by atoms with Crippen LogP contribution in [0, 0.1) is 0 Å². The summed E-state index contributed by atoms with van der Waals surface area (Å²) >= 11 is 7.24. The van der Waals surface area contributed by atoms with Gasteiger partial charge in [0.15, 0.2) is 5.16 Å². The highest BCUT2D eigenvalue weighted by Crippen LogP contribution is 2.14. The van der Waals surface area contributed by atoms with E-state index in [1.807, 2.05) is 18.4 Å². The van der Waals surface area contributed by atoms with Crippen LogP contribution in [-0.4, -0.2) is 15.8 Å². The molecule has 0 unspecified atom stereocenters. The smallest absolute Gasteiger partial charge is 0.277 e. The van der Waals surface area contributed by atoms with E-state index in [1.54, 1.807) is 16.7 Å². The van der Waals surface area contributed by atoms with Gasteiger partial charge < -0.3 is 5.73 Å². The number of hydrogen-bond donors (Lipinski definition) is 1. The number of nitrogens with two attached hydrogens (primary N) is 1. The van der Waals surface area contributed by atoms with Gasteiger partial charge in [-0.2, -0.15) is 0 Å². The standard InChI is InChI=1S/C12H12ClN3OS/c1-18-12-15-6-10(14)11(17)16(12)7-8-2-4-9(13)5-3-8/h2-6H,7,14H2,1H3. The van der Waals surface area contributed by atoms with E-state index in [4.69, 9.17) is 17.3 Å². The first-order valence-corrected chi connectivity index (χ1v) is 6.86. The number of aromatic nitrogens is 2. The monoisotopic (exact) mass is 281 g/mol. The van der Waals surface area contributed by atoms with Crippen molar-refractivity contribution >= 4 is 29.1 Å². The van der Waals surface area contributed by atoms with Crippen molar-refractivity contribution in [3.63, 3.8) is 0 Å². The molecule has 0 aliphatic rings. The molecule has 94 valence electrons. The molecule has 0 spiro atoms. The summed E-state index contributed by atoms with van der Waals surface area (Å²) in [6.45, 7) is 0.435. The number of thioether (sulfide) groups is 1. The second-order valence-electron chi connectivity index (χ2n) is 3.72. The van der Waals surface area contributed by atoms with Gasteiger partial charge in [-0.05, 0) is 24.0 Å². The van der Waals surface area contributed by atoms with Gasteiger partial charge in [-0.1, -0.05) is 35.5 Å². The molecule has 0 aliphatic heterocycles. The van der Waals surface area contributed by atoms with Crippen LogP contribution in [0.2, 0.25) is 5.02 Å². The van der Waals surface area contributed by atoms with E-state index >= 15 is 0 Å². The predicted octanol–water partition coefficient (Wildman–Crippen LogP) is 2.25. The second-order valence-corrected chi connectivity index (χ2v) is 4.93. The number of rotatable bonds is 3. The van der Waals surface area contributed by atoms with Crippen LogP contribution in [0.3, 0.4) is 0 Å². The molecule has 2 aromatic rings. The van der Waals surface area contributed by atoms with Gasteiger partial charge >= 0.3 is 0 Å². The quantitative estimate of drug-likeness (QED) is 0.692. The number of anilines is 1. The van der Waals surface area contributed by atoms with Crippen molar-refractivity contribution < 1.29 is 0 Å². The fourth-order valence-electron chi connectivity index (χ4n) is 1.57. The molecule has 0 saturated carbocycles. The average molecular weight is 282 g/mol. The lowest BCUT2D eigenvalue weighted by atomic mass is 10.2. The lowest BCUT2D eigenvalue weighted by Crippen LogP contribution is -2.25. The first-order valence-electron chi connectivity index (χ1n) is 5.25. The Morgan fingerprint density at radius 3 is 2.67 bits per heavy atom. The molecule has 0 atom stereocenters. The van der Waals surface area contributed by atoms with Crippen molar-refractivity contribution in [2.75, 3.05) is 12.0 Å². The summed E-state index contributed by atoms with van der Waals surface area (Å²) in [5.74, 6) is 0. The van der Waals surface area contributed by atoms with E-state index in [0.29, 0.717) is 16.7 Å². The minimum atomic E-state index is -0.218. The highest BCUT2D eigenvalue weighted by atomic mass is 35.5. The molecular formula is C12H12ClN3OS. The fourth-order valence-corrected chi connectivity index (χ4v) is 2.22. The molecule has 6 heteroatoms. The van der Waals surface area contributed by atoms with Crippen molar-refractivity contribution in [2.24, 2.45) is 0 Å². The first-order chi connectivity index (χ1) is 8.61. The van der Waals surface area contributed by atoms with E-state index < -0.39 is 0 Å². The van der Waals surface area contributed by atoms with E-state index in [2.05, 4.69) is 4.98 Å². The Kier molecular flexibility index (Phi) is 3.93. The molecule has 1 aromatic carbocycles. The number of halogens is 1. The van der Waals surface area contributed by atoms with Crippen LogP contribution in [0.25, 0.3) is 0 Å². The number of nitrogen functional groups attached to an aromatic ring is 1. The Labute approximate surface area is 114 Å². The Morgan fingerprint density at radius 1 is 1.39 bits per heavy atom. The molecule has 0 amide bonds. The van der Waals surface area contributed by atoms with Gasteiger partial charge in [0.2, 0.25) is 0 Å². The third-order valence-electron chi connectivity index (χ3n) is 2.47. The fraction of sp³-hybridized carbons (Fsp3) is 0.167. The van der Waals surface area contributed by atoms with E-state index in [9.17, 15) is 4.79 Å². The zero-order valence-corrected chi connectivity index (χ0v) is 11.3. The third kappa shape index (κ3) is 2.68. The molecule has 0 aliphatic carbocycles. The maximum absolute atomic E-state index is 12.0. The maximum atomic E-state index is 12.0. The van der Waals surface area contributed by atoms with Crippen LogP contribution in [0.4, 0.5) is 5.69 Å². The normalized spacial score (nSPS) is 10.6. The van der Waals surface area contributed by atoms with Gasteiger partial charge in [0.05, 0.1) is 12.7 Å². The van der Waals surface area contributed by atoms with Crippen LogP contribution in [0.15, 0.2) is 40.4 Å². The highest BCUT2D eigenvalue weighted by molar-refractivity contribution is 7.98. The molecule has 18 heavy (non-hydrogen) atoms. The molecule has 2 rings (SSSR count). The minimum Gasteiger partial charge on any atom is -0.393 e. The largest absolute Gasteiger partial charge is 0.393 e. The average Bonchev–Trinajstić information content (AvgIpc) is 2.38. The first kappa shape index (κ1) is 13.0. The van der Waals surface area contributed by atoms with Crippen molar-refractivity contribution in [1.82, 2.24) is 9.55 Å². The summed E-state index contributed by atoms with van der Waals surface area (Å²) in [5, 5.41) is 1.31. The summed E-state index contributed by atoms with van der Waals surface area (Å²) in [4.78, 5) is 16.1. The van der Waals surface area contributed by atoms with Crippen molar-refractivity contribution in [1.29, 1.82) is 0 Å². The van der Waals surface area contributed by atoms with Gasteiger partial charge in [-0.15, -0.1) is 0 Å². The summed E-state index contributed by atoms with van der Waals surface area (Å²) in [6, 6.07) is 7.34. The molecule has 0 bridgehead atoms. The zero-order chi connectivity index (χ0) is 13.1. The Bertz CT molecular complexity index is 610. The maximum Gasteiger partial charge on any atom is 0.277 e. The summed E-state index contributed by atoms with van der Waals surface area (Å²) < 4.78 is 1.56. The summed E-state index contributed by atoms with van der Waals surface area (Å²) in [5.41, 5.74) is 6.51. The summed E-state index contributed by atoms with van der Waals surface area (Å²) in [7, 11) is 0. The summed E-state index contributed by atoms with van der Waals surface area (Å²) in [6.07, 6.45) is 3.27. The molecule has 4 nitrogen and oxygen atoms in total. The molecule has 2 N–H and O–H groups in total. The molecular weight excluding hydrogens is 270 g/mol. The molecule has 1 heterocycles. The van der Waals surface area contributed by atoms with Crippen molar-refractivity contribution in [2.45, 2.75) is 11.7 Å². The number of hydrogen-bond acceptors (Lipinski definition) is 4. The van der Waals surface area contributed by atoms with Crippen LogP contribution >= 0.6 is 23.4 Å². The van der Waals surface area contributed by atoms with E-state index in [-0.39, 0.29) is 11.2 Å². The molecule has 1 aromatic heterocycles. The van der Waals surface area contributed by atoms with Gasteiger partial charge in [-0.25, -0.2) is 4.98 Å². The number of nitrogens with zero attached hydrogens (tertiary/aromatic N) is 2. The van der Waals surface area contributed by atoms with Crippen LogP contribution in [0.5, 0.6) is 0 Å². The second kappa shape index (κ2) is 5.46. The third-order valence-corrected chi connectivity index (χ3v) is 3.42. The zero-order valence-electron chi connectivity index (χ0n) is 9.76. The Morgan fingerprint density at radius 2 is 2.06 bits per heavy atom. The minimum absolute atomic E-state index is 0.154. The topological polar surface area (TPSA) is 60.9 Å². The van der Waals surface area contributed by atoms with Gasteiger partial charge in [0, 0.05) is 5.02 Å². The van der Waals surface area contributed by atoms with Crippen LogP contribution < -0.4 is 11.3 Å². The highest BCUT2D eigenvalue weighted by Gasteiger charge is 2.08.